The summed E-state index contributed by atoms with van der Waals surface area (Å²) in [6.07, 6.45) is 0.985. The molecule has 0 saturated carbocycles. The predicted octanol–water partition coefficient (Wildman–Crippen LogP) is 1.90. The molecule has 1 aromatic carbocycles. The molecule has 0 bridgehead atoms. The minimum Gasteiger partial charge on any atom is -0.325 e. The first kappa shape index (κ1) is 17.0. The lowest BCUT2D eigenvalue weighted by Crippen LogP contribution is -2.51. The van der Waals surface area contributed by atoms with Crippen molar-refractivity contribution in [3.63, 3.8) is 0 Å². The van der Waals surface area contributed by atoms with Gasteiger partial charge in [0.05, 0.1) is 6.54 Å². The molecule has 4 nitrogen and oxygen atoms in total. The van der Waals surface area contributed by atoms with E-state index in [0.29, 0.717) is 12.6 Å². The zero-order valence-corrected chi connectivity index (χ0v) is 13.0. The number of anilines is 1. The minimum absolute atomic E-state index is 0. The quantitative estimate of drug-likeness (QED) is 0.892. The third-order valence-corrected chi connectivity index (χ3v) is 3.60. The first-order valence-electron chi connectivity index (χ1n) is 7.02. The van der Waals surface area contributed by atoms with Crippen LogP contribution >= 0.6 is 12.4 Å². The van der Waals surface area contributed by atoms with Gasteiger partial charge in [-0.2, -0.15) is 0 Å². The number of piperazine rings is 1. The molecule has 112 valence electrons. The van der Waals surface area contributed by atoms with E-state index in [9.17, 15) is 4.79 Å². The molecule has 0 aromatic heterocycles. The third-order valence-electron chi connectivity index (χ3n) is 3.60. The van der Waals surface area contributed by atoms with Crippen LogP contribution in [0.25, 0.3) is 0 Å². The van der Waals surface area contributed by atoms with Gasteiger partial charge in [0.2, 0.25) is 5.91 Å². The third kappa shape index (κ3) is 4.78. The van der Waals surface area contributed by atoms with Crippen molar-refractivity contribution in [2.24, 2.45) is 0 Å². The Balaban J connectivity index is 0.00000200. The van der Waals surface area contributed by atoms with Gasteiger partial charge < -0.3 is 10.6 Å². The fraction of sp³-hybridized carbons (Fsp3) is 0.533. The molecular formula is C15H24ClN3O. The Bertz CT molecular complexity index is 439. The van der Waals surface area contributed by atoms with E-state index in [1.165, 1.54) is 5.56 Å². The zero-order chi connectivity index (χ0) is 13.7. The number of hydrogen-bond donors (Lipinski definition) is 2. The van der Waals surface area contributed by atoms with E-state index >= 15 is 0 Å². The Kier molecular flexibility index (Phi) is 6.99. The number of benzene rings is 1. The zero-order valence-electron chi connectivity index (χ0n) is 12.2. The molecule has 2 rings (SSSR count). The summed E-state index contributed by atoms with van der Waals surface area (Å²) < 4.78 is 0. The first-order chi connectivity index (χ1) is 9.19. The number of hydrogen-bond acceptors (Lipinski definition) is 3. The SMILES string of the molecule is CCc1cccc(NC(=O)CN2CCNCC2C)c1.Cl. The molecule has 0 radical (unpaired) electrons. The van der Waals surface area contributed by atoms with E-state index < -0.39 is 0 Å². The van der Waals surface area contributed by atoms with Crippen LogP contribution in [0.1, 0.15) is 19.4 Å². The van der Waals surface area contributed by atoms with Crippen molar-refractivity contribution in [2.75, 3.05) is 31.5 Å². The van der Waals surface area contributed by atoms with Gasteiger partial charge in [0.25, 0.3) is 0 Å². The van der Waals surface area contributed by atoms with Gasteiger partial charge >= 0.3 is 0 Å². The van der Waals surface area contributed by atoms with Gasteiger partial charge in [-0.3, -0.25) is 9.69 Å². The van der Waals surface area contributed by atoms with Crippen LogP contribution in [0.15, 0.2) is 24.3 Å². The van der Waals surface area contributed by atoms with Gasteiger partial charge in [0, 0.05) is 31.4 Å². The number of carbonyl (C=O) groups is 1. The van der Waals surface area contributed by atoms with Crippen molar-refractivity contribution in [3.05, 3.63) is 29.8 Å². The molecule has 1 heterocycles. The lowest BCUT2D eigenvalue weighted by Gasteiger charge is -2.33. The molecule has 5 heteroatoms. The Morgan fingerprint density at radius 3 is 3.00 bits per heavy atom. The highest BCUT2D eigenvalue weighted by atomic mass is 35.5. The summed E-state index contributed by atoms with van der Waals surface area (Å²) in [7, 11) is 0. The summed E-state index contributed by atoms with van der Waals surface area (Å²) >= 11 is 0. The minimum atomic E-state index is 0. The second kappa shape index (κ2) is 8.25. The van der Waals surface area contributed by atoms with Crippen LogP contribution in [0, 0.1) is 0 Å². The highest BCUT2D eigenvalue weighted by molar-refractivity contribution is 5.92. The van der Waals surface area contributed by atoms with Crippen molar-refractivity contribution < 1.29 is 4.79 Å². The maximum absolute atomic E-state index is 12.1. The summed E-state index contributed by atoms with van der Waals surface area (Å²) in [6.45, 7) is 7.59. The molecule has 1 unspecified atom stereocenters. The van der Waals surface area contributed by atoms with Crippen molar-refractivity contribution in [1.29, 1.82) is 0 Å². The smallest absolute Gasteiger partial charge is 0.238 e. The largest absolute Gasteiger partial charge is 0.325 e. The number of amides is 1. The molecule has 1 aliphatic rings. The van der Waals surface area contributed by atoms with Gasteiger partial charge in [-0.05, 0) is 31.0 Å². The molecule has 1 fully saturated rings. The van der Waals surface area contributed by atoms with Gasteiger partial charge in [0.15, 0.2) is 0 Å². The van der Waals surface area contributed by atoms with Crippen LogP contribution in [-0.4, -0.2) is 43.0 Å². The lowest BCUT2D eigenvalue weighted by molar-refractivity contribution is -0.118. The summed E-state index contributed by atoms with van der Waals surface area (Å²) in [4.78, 5) is 14.3. The van der Waals surface area contributed by atoms with Crippen LogP contribution in [0.3, 0.4) is 0 Å². The van der Waals surface area contributed by atoms with E-state index in [0.717, 1.165) is 31.7 Å². The van der Waals surface area contributed by atoms with Crippen molar-refractivity contribution in [2.45, 2.75) is 26.3 Å². The summed E-state index contributed by atoms with van der Waals surface area (Å²) in [6, 6.07) is 8.47. The highest BCUT2D eigenvalue weighted by Crippen LogP contribution is 2.11. The molecule has 0 spiro atoms. The second-order valence-electron chi connectivity index (χ2n) is 5.13. The number of halogens is 1. The number of aryl methyl sites for hydroxylation is 1. The lowest BCUT2D eigenvalue weighted by atomic mass is 10.1. The maximum atomic E-state index is 12.1. The van der Waals surface area contributed by atoms with E-state index in [-0.39, 0.29) is 18.3 Å². The molecule has 1 aliphatic heterocycles. The van der Waals surface area contributed by atoms with Crippen molar-refractivity contribution in [3.8, 4) is 0 Å². The normalized spacial score (nSPS) is 19.2. The molecule has 0 aliphatic carbocycles. The number of carbonyl (C=O) groups excluding carboxylic acids is 1. The van der Waals surface area contributed by atoms with Crippen LogP contribution in [-0.2, 0) is 11.2 Å². The van der Waals surface area contributed by atoms with Crippen LogP contribution < -0.4 is 10.6 Å². The van der Waals surface area contributed by atoms with Crippen LogP contribution in [0.2, 0.25) is 0 Å². The van der Waals surface area contributed by atoms with Crippen LogP contribution in [0.4, 0.5) is 5.69 Å². The van der Waals surface area contributed by atoms with Gasteiger partial charge in [-0.15, -0.1) is 12.4 Å². The average Bonchev–Trinajstić information content (AvgIpc) is 2.41. The Labute approximate surface area is 127 Å². The van der Waals surface area contributed by atoms with E-state index in [2.05, 4.69) is 35.4 Å². The van der Waals surface area contributed by atoms with Crippen LogP contribution in [0.5, 0.6) is 0 Å². The van der Waals surface area contributed by atoms with E-state index in [4.69, 9.17) is 0 Å². The predicted molar refractivity (Wildman–Crippen MR) is 85.6 cm³/mol. The number of rotatable bonds is 4. The highest BCUT2D eigenvalue weighted by Gasteiger charge is 2.20. The van der Waals surface area contributed by atoms with Gasteiger partial charge in [-0.25, -0.2) is 0 Å². The molecule has 20 heavy (non-hydrogen) atoms. The fourth-order valence-corrected chi connectivity index (χ4v) is 2.37. The molecule has 1 saturated heterocycles. The number of nitrogens with zero attached hydrogens (tertiary/aromatic N) is 1. The molecule has 2 N–H and O–H groups in total. The van der Waals surface area contributed by atoms with Gasteiger partial charge in [-0.1, -0.05) is 19.1 Å². The van der Waals surface area contributed by atoms with Crippen molar-refractivity contribution in [1.82, 2.24) is 10.2 Å². The molecule has 1 aromatic rings. The Hall–Kier alpha value is -1.10. The van der Waals surface area contributed by atoms with Crippen molar-refractivity contribution >= 4 is 24.0 Å². The van der Waals surface area contributed by atoms with E-state index in [1.54, 1.807) is 0 Å². The van der Waals surface area contributed by atoms with E-state index in [1.807, 2.05) is 18.2 Å². The second-order valence-corrected chi connectivity index (χ2v) is 5.13. The Morgan fingerprint density at radius 1 is 1.50 bits per heavy atom. The summed E-state index contributed by atoms with van der Waals surface area (Å²) in [5.41, 5.74) is 2.14. The molecule has 1 atom stereocenters. The average molecular weight is 298 g/mol. The fourth-order valence-electron chi connectivity index (χ4n) is 2.37. The molecular weight excluding hydrogens is 274 g/mol. The standard InChI is InChI=1S/C15H23N3O.ClH/c1-3-13-5-4-6-14(9-13)17-15(19)11-18-8-7-16-10-12(18)2;/h4-6,9,12,16H,3,7-8,10-11H2,1-2H3,(H,17,19);1H. The first-order valence-corrected chi connectivity index (χ1v) is 7.02. The summed E-state index contributed by atoms with van der Waals surface area (Å²) in [5.74, 6) is 0.0713. The Morgan fingerprint density at radius 2 is 2.30 bits per heavy atom. The molecule has 1 amide bonds. The monoisotopic (exact) mass is 297 g/mol. The topological polar surface area (TPSA) is 44.4 Å². The number of nitrogens with one attached hydrogen (secondary N) is 2. The summed E-state index contributed by atoms with van der Waals surface area (Å²) in [5, 5.41) is 6.31. The van der Waals surface area contributed by atoms with Gasteiger partial charge in [0.1, 0.15) is 0 Å². The maximum Gasteiger partial charge on any atom is 0.238 e.